The number of nitrogens with zero attached hydrogens (tertiary/aromatic N) is 1. The molecule has 2 aromatic carbocycles. The Balaban J connectivity index is 1.82. The number of cyclic esters (lactones) is 1. The summed E-state index contributed by atoms with van der Waals surface area (Å²) in [4.78, 5) is 13.3. The highest BCUT2D eigenvalue weighted by Crippen LogP contribution is 2.32. The summed E-state index contributed by atoms with van der Waals surface area (Å²) in [6.45, 7) is 0.217. The molecule has 120 valence electrons. The standard InChI is InChI=1S/C17H14F3NO2/c18-17(19,20)13-6-8-14(9-7-13)21-15(11-23-16(21)22)10-12-4-2-1-3-5-12/h1-9,15H,10-11H2/t15-/m0/s1. The third kappa shape index (κ3) is 3.31. The van der Waals surface area contributed by atoms with Gasteiger partial charge in [-0.2, -0.15) is 13.2 Å². The molecule has 1 aliphatic rings. The minimum Gasteiger partial charge on any atom is -0.447 e. The summed E-state index contributed by atoms with van der Waals surface area (Å²) >= 11 is 0. The van der Waals surface area contributed by atoms with Gasteiger partial charge >= 0.3 is 12.3 Å². The first-order valence-electron chi connectivity index (χ1n) is 7.12. The Bertz CT molecular complexity index is 683. The van der Waals surface area contributed by atoms with Gasteiger partial charge in [0.05, 0.1) is 11.6 Å². The van der Waals surface area contributed by atoms with E-state index < -0.39 is 17.8 Å². The summed E-state index contributed by atoms with van der Waals surface area (Å²) < 4.78 is 43.0. The predicted octanol–water partition coefficient (Wildman–Crippen LogP) is 4.27. The SMILES string of the molecule is O=C1OC[C@H](Cc2ccccc2)N1c1ccc(C(F)(F)F)cc1. The third-order valence-electron chi connectivity index (χ3n) is 3.75. The number of amides is 1. The first-order chi connectivity index (χ1) is 10.9. The van der Waals surface area contributed by atoms with Crippen molar-refractivity contribution >= 4 is 11.8 Å². The Morgan fingerprint density at radius 1 is 1.04 bits per heavy atom. The van der Waals surface area contributed by atoms with Crippen LogP contribution in [0.25, 0.3) is 0 Å². The average molecular weight is 321 g/mol. The van der Waals surface area contributed by atoms with E-state index in [1.54, 1.807) is 0 Å². The first kappa shape index (κ1) is 15.4. The maximum absolute atomic E-state index is 12.6. The first-order valence-corrected chi connectivity index (χ1v) is 7.12. The summed E-state index contributed by atoms with van der Waals surface area (Å²) in [5.74, 6) is 0. The van der Waals surface area contributed by atoms with E-state index >= 15 is 0 Å². The minimum absolute atomic E-state index is 0.217. The topological polar surface area (TPSA) is 29.5 Å². The zero-order chi connectivity index (χ0) is 16.4. The molecule has 1 heterocycles. The Kier molecular flexibility index (Phi) is 3.98. The summed E-state index contributed by atoms with van der Waals surface area (Å²) in [5, 5.41) is 0. The van der Waals surface area contributed by atoms with E-state index in [1.165, 1.54) is 17.0 Å². The third-order valence-corrected chi connectivity index (χ3v) is 3.75. The van der Waals surface area contributed by atoms with Crippen LogP contribution in [0, 0.1) is 0 Å². The van der Waals surface area contributed by atoms with Crippen LogP contribution in [-0.2, 0) is 17.3 Å². The van der Waals surface area contributed by atoms with E-state index in [0.29, 0.717) is 12.1 Å². The fourth-order valence-electron chi connectivity index (χ4n) is 2.62. The van der Waals surface area contributed by atoms with Crippen LogP contribution in [0.1, 0.15) is 11.1 Å². The lowest BCUT2D eigenvalue weighted by Gasteiger charge is -2.22. The molecule has 0 bridgehead atoms. The molecular weight excluding hydrogens is 307 g/mol. The van der Waals surface area contributed by atoms with E-state index in [-0.39, 0.29) is 12.6 Å². The zero-order valence-corrected chi connectivity index (χ0v) is 12.1. The van der Waals surface area contributed by atoms with Crippen LogP contribution in [0.2, 0.25) is 0 Å². The molecule has 3 rings (SSSR count). The van der Waals surface area contributed by atoms with Gasteiger partial charge in [0.15, 0.2) is 0 Å². The van der Waals surface area contributed by atoms with Crippen molar-refractivity contribution in [1.29, 1.82) is 0 Å². The number of carbonyl (C=O) groups is 1. The van der Waals surface area contributed by atoms with Crippen molar-refractivity contribution in [3.8, 4) is 0 Å². The molecule has 0 N–H and O–H groups in total. The lowest BCUT2D eigenvalue weighted by molar-refractivity contribution is -0.137. The van der Waals surface area contributed by atoms with Crippen molar-refractivity contribution in [2.24, 2.45) is 0 Å². The fraction of sp³-hybridized carbons (Fsp3) is 0.235. The average Bonchev–Trinajstić information content (AvgIpc) is 2.88. The Hall–Kier alpha value is -2.50. The van der Waals surface area contributed by atoms with Gasteiger partial charge in [-0.05, 0) is 36.2 Å². The van der Waals surface area contributed by atoms with E-state index in [1.807, 2.05) is 30.3 Å². The quantitative estimate of drug-likeness (QED) is 0.845. The molecule has 1 atom stereocenters. The van der Waals surface area contributed by atoms with Gasteiger partial charge in [-0.1, -0.05) is 30.3 Å². The second-order valence-electron chi connectivity index (χ2n) is 5.34. The van der Waals surface area contributed by atoms with Crippen molar-refractivity contribution in [3.05, 3.63) is 65.7 Å². The van der Waals surface area contributed by atoms with Crippen molar-refractivity contribution in [2.75, 3.05) is 11.5 Å². The molecule has 1 amide bonds. The largest absolute Gasteiger partial charge is 0.447 e. The van der Waals surface area contributed by atoms with Gasteiger partial charge in [-0.25, -0.2) is 4.79 Å². The summed E-state index contributed by atoms with van der Waals surface area (Å²) in [5.41, 5.74) is 0.697. The van der Waals surface area contributed by atoms with Crippen LogP contribution >= 0.6 is 0 Å². The molecule has 0 unspecified atom stereocenters. The Morgan fingerprint density at radius 3 is 2.30 bits per heavy atom. The van der Waals surface area contributed by atoms with Crippen LogP contribution in [0.15, 0.2) is 54.6 Å². The Morgan fingerprint density at radius 2 is 1.70 bits per heavy atom. The van der Waals surface area contributed by atoms with Crippen LogP contribution in [-0.4, -0.2) is 18.7 Å². The van der Waals surface area contributed by atoms with Crippen LogP contribution in [0.5, 0.6) is 0 Å². The summed E-state index contributed by atoms with van der Waals surface area (Å²) in [6, 6.07) is 13.9. The van der Waals surface area contributed by atoms with Crippen molar-refractivity contribution in [2.45, 2.75) is 18.6 Å². The molecular formula is C17H14F3NO2. The Labute approximate surface area is 131 Å². The predicted molar refractivity (Wildman–Crippen MR) is 79.2 cm³/mol. The van der Waals surface area contributed by atoms with Crippen LogP contribution < -0.4 is 4.90 Å². The molecule has 0 saturated carbocycles. The molecule has 0 spiro atoms. The molecule has 1 fully saturated rings. The van der Waals surface area contributed by atoms with E-state index in [2.05, 4.69) is 0 Å². The van der Waals surface area contributed by atoms with Gasteiger partial charge in [-0.3, -0.25) is 4.90 Å². The summed E-state index contributed by atoms with van der Waals surface area (Å²) in [6.07, 6.45) is -4.35. The maximum atomic E-state index is 12.6. The molecule has 23 heavy (non-hydrogen) atoms. The van der Waals surface area contributed by atoms with Gasteiger partial charge < -0.3 is 4.74 Å². The smallest absolute Gasteiger partial charge is 0.416 e. The molecule has 0 aliphatic carbocycles. The number of hydrogen-bond acceptors (Lipinski definition) is 2. The number of ether oxygens (including phenoxy) is 1. The van der Waals surface area contributed by atoms with Gasteiger partial charge in [-0.15, -0.1) is 0 Å². The van der Waals surface area contributed by atoms with Crippen LogP contribution in [0.4, 0.5) is 23.7 Å². The summed E-state index contributed by atoms with van der Waals surface area (Å²) in [7, 11) is 0. The van der Waals surface area contributed by atoms with Crippen LogP contribution in [0.3, 0.4) is 0 Å². The number of anilines is 1. The molecule has 0 aromatic heterocycles. The van der Waals surface area contributed by atoms with Crippen molar-refractivity contribution in [3.63, 3.8) is 0 Å². The van der Waals surface area contributed by atoms with Crippen molar-refractivity contribution < 1.29 is 22.7 Å². The highest BCUT2D eigenvalue weighted by molar-refractivity contribution is 5.90. The molecule has 6 heteroatoms. The molecule has 3 nitrogen and oxygen atoms in total. The van der Waals surface area contributed by atoms with Gasteiger partial charge in [0.1, 0.15) is 6.61 Å². The number of hydrogen-bond donors (Lipinski definition) is 0. The number of halogens is 3. The molecule has 1 saturated heterocycles. The van der Waals surface area contributed by atoms with E-state index in [9.17, 15) is 18.0 Å². The number of carbonyl (C=O) groups excluding carboxylic acids is 1. The van der Waals surface area contributed by atoms with Crippen molar-refractivity contribution in [1.82, 2.24) is 0 Å². The molecule has 2 aromatic rings. The lowest BCUT2D eigenvalue weighted by atomic mass is 10.1. The monoisotopic (exact) mass is 321 g/mol. The zero-order valence-electron chi connectivity index (χ0n) is 12.1. The highest BCUT2D eigenvalue weighted by Gasteiger charge is 2.35. The van der Waals surface area contributed by atoms with E-state index in [4.69, 9.17) is 4.74 Å². The highest BCUT2D eigenvalue weighted by atomic mass is 19.4. The molecule has 1 aliphatic heterocycles. The van der Waals surface area contributed by atoms with Gasteiger partial charge in [0.2, 0.25) is 0 Å². The minimum atomic E-state index is -4.40. The van der Waals surface area contributed by atoms with Gasteiger partial charge in [0, 0.05) is 5.69 Å². The second kappa shape index (κ2) is 5.95. The molecule has 0 radical (unpaired) electrons. The number of alkyl halides is 3. The van der Waals surface area contributed by atoms with E-state index in [0.717, 1.165) is 17.7 Å². The second-order valence-corrected chi connectivity index (χ2v) is 5.34. The lowest BCUT2D eigenvalue weighted by Crippen LogP contribution is -2.35. The number of benzene rings is 2. The number of rotatable bonds is 3. The maximum Gasteiger partial charge on any atom is 0.416 e. The fourth-order valence-corrected chi connectivity index (χ4v) is 2.62. The van der Waals surface area contributed by atoms with Gasteiger partial charge in [0.25, 0.3) is 0 Å². The normalized spacial score (nSPS) is 18.1.